The van der Waals surface area contributed by atoms with Gasteiger partial charge in [0.2, 0.25) is 5.82 Å². The molecular formula is C10H5Cl5N2O2. The lowest BCUT2D eigenvalue weighted by Crippen LogP contribution is -2.03. The lowest BCUT2D eigenvalue weighted by Gasteiger charge is -2.05. The van der Waals surface area contributed by atoms with Crippen molar-refractivity contribution >= 4 is 58.0 Å². The van der Waals surface area contributed by atoms with Crippen LogP contribution in [0.3, 0.4) is 0 Å². The number of alkyl halides is 3. The van der Waals surface area contributed by atoms with Gasteiger partial charge in [-0.3, -0.25) is 0 Å². The van der Waals surface area contributed by atoms with Crippen LogP contribution < -0.4 is 4.74 Å². The SMILES string of the molecule is Clc1ccc(OCc2nc(C(Cl)(Cl)Cl)no2)c(Cl)c1. The van der Waals surface area contributed by atoms with Crippen LogP contribution in [0.5, 0.6) is 5.75 Å². The highest BCUT2D eigenvalue weighted by molar-refractivity contribution is 6.66. The molecule has 1 aromatic heterocycles. The Morgan fingerprint density at radius 2 is 1.95 bits per heavy atom. The molecule has 4 nitrogen and oxygen atoms in total. The van der Waals surface area contributed by atoms with Crippen molar-refractivity contribution < 1.29 is 9.26 Å². The van der Waals surface area contributed by atoms with Gasteiger partial charge in [0.1, 0.15) is 5.75 Å². The first-order valence-electron chi connectivity index (χ1n) is 4.84. The van der Waals surface area contributed by atoms with Crippen LogP contribution in [0.1, 0.15) is 11.7 Å². The highest BCUT2D eigenvalue weighted by atomic mass is 35.6. The lowest BCUT2D eigenvalue weighted by atomic mass is 10.3. The Morgan fingerprint density at radius 3 is 2.53 bits per heavy atom. The maximum Gasteiger partial charge on any atom is 0.264 e. The molecule has 0 aliphatic carbocycles. The average Bonchev–Trinajstić information content (AvgIpc) is 2.76. The van der Waals surface area contributed by atoms with E-state index in [-0.39, 0.29) is 18.3 Å². The van der Waals surface area contributed by atoms with Crippen molar-refractivity contribution in [2.24, 2.45) is 0 Å². The molecule has 19 heavy (non-hydrogen) atoms. The number of rotatable bonds is 3. The summed E-state index contributed by atoms with van der Waals surface area (Å²) in [7, 11) is 0. The minimum Gasteiger partial charge on any atom is -0.482 e. The number of benzene rings is 1. The molecule has 0 saturated heterocycles. The van der Waals surface area contributed by atoms with E-state index in [0.717, 1.165) is 0 Å². The molecule has 9 heteroatoms. The molecule has 0 bridgehead atoms. The van der Waals surface area contributed by atoms with E-state index in [2.05, 4.69) is 10.1 Å². The number of hydrogen-bond acceptors (Lipinski definition) is 4. The summed E-state index contributed by atoms with van der Waals surface area (Å²) in [4.78, 5) is 3.88. The van der Waals surface area contributed by atoms with Crippen LogP contribution in [-0.4, -0.2) is 10.1 Å². The second kappa shape index (κ2) is 5.94. The molecule has 0 spiro atoms. The highest BCUT2D eigenvalue weighted by Crippen LogP contribution is 2.36. The predicted molar refractivity (Wildman–Crippen MR) is 74.3 cm³/mol. The largest absolute Gasteiger partial charge is 0.482 e. The quantitative estimate of drug-likeness (QED) is 0.737. The third kappa shape index (κ3) is 4.04. The van der Waals surface area contributed by atoms with Crippen molar-refractivity contribution in [3.05, 3.63) is 40.0 Å². The molecule has 2 rings (SSSR count). The summed E-state index contributed by atoms with van der Waals surface area (Å²) >= 11 is 28.5. The van der Waals surface area contributed by atoms with E-state index in [0.29, 0.717) is 15.8 Å². The van der Waals surface area contributed by atoms with Gasteiger partial charge in [0, 0.05) is 5.02 Å². The average molecular weight is 362 g/mol. The predicted octanol–water partition coefficient (Wildman–Crippen LogP) is 4.78. The van der Waals surface area contributed by atoms with E-state index in [9.17, 15) is 0 Å². The third-order valence-corrected chi connectivity index (χ3v) is 3.00. The van der Waals surface area contributed by atoms with Gasteiger partial charge >= 0.3 is 0 Å². The Balaban J connectivity index is 2.04. The fourth-order valence-corrected chi connectivity index (χ4v) is 1.85. The summed E-state index contributed by atoms with van der Waals surface area (Å²) in [6.07, 6.45) is 0. The van der Waals surface area contributed by atoms with Crippen LogP contribution >= 0.6 is 58.0 Å². The molecule has 1 aromatic carbocycles. The Bertz CT molecular complexity index is 582. The van der Waals surface area contributed by atoms with Gasteiger partial charge in [-0.1, -0.05) is 63.2 Å². The Labute approximate surface area is 133 Å². The third-order valence-electron chi connectivity index (χ3n) is 1.97. The van der Waals surface area contributed by atoms with E-state index in [1.54, 1.807) is 18.2 Å². The van der Waals surface area contributed by atoms with Crippen molar-refractivity contribution in [1.29, 1.82) is 0 Å². The van der Waals surface area contributed by atoms with Crippen molar-refractivity contribution in [1.82, 2.24) is 10.1 Å². The van der Waals surface area contributed by atoms with E-state index < -0.39 is 3.79 Å². The molecule has 0 aliphatic heterocycles. The van der Waals surface area contributed by atoms with Crippen molar-refractivity contribution in [2.45, 2.75) is 10.4 Å². The first kappa shape index (κ1) is 15.0. The molecular weight excluding hydrogens is 357 g/mol. The second-order valence-electron chi connectivity index (χ2n) is 3.37. The summed E-state index contributed by atoms with van der Waals surface area (Å²) in [6, 6.07) is 4.82. The topological polar surface area (TPSA) is 48.2 Å². The van der Waals surface area contributed by atoms with Gasteiger partial charge in [-0.05, 0) is 18.2 Å². The number of nitrogens with zero attached hydrogens (tertiary/aromatic N) is 2. The molecule has 2 aromatic rings. The van der Waals surface area contributed by atoms with Crippen LogP contribution in [0, 0.1) is 0 Å². The molecule has 0 amide bonds. The summed E-state index contributed by atoms with van der Waals surface area (Å²) in [5.74, 6) is 0.533. The van der Waals surface area contributed by atoms with Crippen LogP contribution in [0.4, 0.5) is 0 Å². The molecule has 0 N–H and O–H groups in total. The fraction of sp³-hybridized carbons (Fsp3) is 0.200. The number of halogens is 5. The molecule has 102 valence electrons. The lowest BCUT2D eigenvalue weighted by molar-refractivity contribution is 0.242. The molecule has 0 aliphatic rings. The maximum absolute atomic E-state index is 5.93. The van der Waals surface area contributed by atoms with Crippen LogP contribution in [0.25, 0.3) is 0 Å². The van der Waals surface area contributed by atoms with Gasteiger partial charge < -0.3 is 9.26 Å². The first-order valence-corrected chi connectivity index (χ1v) is 6.73. The monoisotopic (exact) mass is 360 g/mol. The van der Waals surface area contributed by atoms with Gasteiger partial charge in [-0.25, -0.2) is 0 Å². The molecule has 0 atom stereocenters. The number of aromatic nitrogens is 2. The standard InChI is InChI=1S/C10H5Cl5N2O2/c11-5-1-2-7(6(12)3-5)18-4-8-16-9(17-19-8)10(13,14)15/h1-3H,4H2. The second-order valence-corrected chi connectivity index (χ2v) is 6.50. The number of ether oxygens (including phenoxy) is 1. The van der Waals surface area contributed by atoms with Gasteiger partial charge in [0.25, 0.3) is 9.68 Å². The highest BCUT2D eigenvalue weighted by Gasteiger charge is 2.29. The molecule has 0 unspecified atom stereocenters. The summed E-state index contributed by atoms with van der Waals surface area (Å²) in [6.45, 7) is -0.00486. The van der Waals surface area contributed by atoms with E-state index >= 15 is 0 Å². The zero-order valence-corrected chi connectivity index (χ0v) is 12.8. The van der Waals surface area contributed by atoms with Crippen LogP contribution in [0.15, 0.2) is 22.7 Å². The summed E-state index contributed by atoms with van der Waals surface area (Å²) < 4.78 is 8.52. The minimum atomic E-state index is -1.74. The van der Waals surface area contributed by atoms with E-state index in [1.165, 1.54) is 0 Å². The maximum atomic E-state index is 5.93. The van der Waals surface area contributed by atoms with E-state index in [1.807, 2.05) is 0 Å². The van der Waals surface area contributed by atoms with Gasteiger partial charge in [0.05, 0.1) is 5.02 Å². The molecule has 0 saturated carbocycles. The van der Waals surface area contributed by atoms with Crippen molar-refractivity contribution in [3.8, 4) is 5.75 Å². The molecule has 1 heterocycles. The normalized spacial score (nSPS) is 11.6. The van der Waals surface area contributed by atoms with Crippen LogP contribution in [-0.2, 0) is 10.4 Å². The smallest absolute Gasteiger partial charge is 0.264 e. The fourth-order valence-electron chi connectivity index (χ4n) is 1.16. The van der Waals surface area contributed by atoms with Gasteiger partial charge in [0.15, 0.2) is 6.61 Å². The van der Waals surface area contributed by atoms with Crippen molar-refractivity contribution in [3.63, 3.8) is 0 Å². The molecule has 0 radical (unpaired) electrons. The van der Waals surface area contributed by atoms with E-state index in [4.69, 9.17) is 67.3 Å². The summed E-state index contributed by atoms with van der Waals surface area (Å²) in [5.41, 5.74) is 0. The zero-order valence-electron chi connectivity index (χ0n) is 9.04. The Kier molecular flexibility index (Phi) is 4.69. The number of hydrogen-bond donors (Lipinski definition) is 0. The Hall–Kier alpha value is -0.390. The zero-order chi connectivity index (χ0) is 14.0. The first-order chi connectivity index (χ1) is 8.86. The van der Waals surface area contributed by atoms with Gasteiger partial charge in [-0.15, -0.1) is 0 Å². The molecule has 0 fully saturated rings. The van der Waals surface area contributed by atoms with Crippen LogP contribution in [0.2, 0.25) is 10.0 Å². The summed E-state index contributed by atoms with van der Waals surface area (Å²) in [5, 5.41) is 4.40. The van der Waals surface area contributed by atoms with Gasteiger partial charge in [-0.2, -0.15) is 4.98 Å². The Morgan fingerprint density at radius 1 is 1.21 bits per heavy atom. The minimum absolute atomic E-state index is 0.00486. The van der Waals surface area contributed by atoms with Crippen molar-refractivity contribution in [2.75, 3.05) is 0 Å².